The van der Waals surface area contributed by atoms with Crippen molar-refractivity contribution >= 4 is 20.8 Å². The summed E-state index contributed by atoms with van der Waals surface area (Å²) in [4.78, 5) is 0. The maximum atomic E-state index is 12.6. The van der Waals surface area contributed by atoms with E-state index in [1.807, 2.05) is 72.8 Å². The predicted octanol–water partition coefficient (Wildman–Crippen LogP) is 3.84. The molecule has 0 spiro atoms. The summed E-state index contributed by atoms with van der Waals surface area (Å²) in [5.41, 5.74) is 2.07. The van der Waals surface area contributed by atoms with E-state index in [4.69, 9.17) is 0 Å². The molecule has 0 aliphatic carbocycles. The molecule has 24 heavy (non-hydrogen) atoms. The number of aryl methyl sites for hydroxylation is 1. The highest BCUT2D eigenvalue weighted by atomic mass is 32.2. The molecule has 3 nitrogen and oxygen atoms in total. The van der Waals surface area contributed by atoms with Crippen molar-refractivity contribution in [1.82, 2.24) is 4.31 Å². The molecule has 0 aliphatic heterocycles. The van der Waals surface area contributed by atoms with Crippen LogP contribution in [0.15, 0.2) is 72.8 Å². The molecule has 0 fully saturated rings. The van der Waals surface area contributed by atoms with E-state index < -0.39 is 10.0 Å². The summed E-state index contributed by atoms with van der Waals surface area (Å²) < 4.78 is 26.6. The van der Waals surface area contributed by atoms with Crippen molar-refractivity contribution in [2.75, 3.05) is 12.8 Å². The molecule has 0 aliphatic rings. The first-order valence-electron chi connectivity index (χ1n) is 8.01. The fourth-order valence-corrected chi connectivity index (χ4v) is 3.96. The Morgan fingerprint density at radius 1 is 0.833 bits per heavy atom. The molecule has 0 atom stereocenters. The SMILES string of the molecule is CN(Cc1cccc2ccccc12)S(=O)(=O)CCc1ccccc1. The molecule has 0 N–H and O–H groups in total. The quantitative estimate of drug-likeness (QED) is 0.684. The minimum absolute atomic E-state index is 0.123. The summed E-state index contributed by atoms with van der Waals surface area (Å²) >= 11 is 0. The second-order valence-corrected chi connectivity index (χ2v) is 8.14. The Morgan fingerprint density at radius 2 is 1.50 bits per heavy atom. The normalized spacial score (nSPS) is 11.9. The molecule has 4 heteroatoms. The molecule has 3 aromatic carbocycles. The third-order valence-electron chi connectivity index (χ3n) is 4.24. The van der Waals surface area contributed by atoms with Crippen molar-refractivity contribution in [1.29, 1.82) is 0 Å². The van der Waals surface area contributed by atoms with E-state index in [1.165, 1.54) is 4.31 Å². The molecule has 3 aromatic rings. The zero-order valence-corrected chi connectivity index (χ0v) is 14.5. The summed E-state index contributed by atoms with van der Waals surface area (Å²) in [6.07, 6.45) is 0.531. The summed E-state index contributed by atoms with van der Waals surface area (Å²) in [5, 5.41) is 2.23. The van der Waals surface area contributed by atoms with Gasteiger partial charge in [0.1, 0.15) is 0 Å². The maximum Gasteiger partial charge on any atom is 0.214 e. The summed E-state index contributed by atoms with van der Waals surface area (Å²) in [6, 6.07) is 23.8. The zero-order chi connectivity index (χ0) is 17.0. The van der Waals surface area contributed by atoms with Crippen molar-refractivity contribution in [2.45, 2.75) is 13.0 Å². The van der Waals surface area contributed by atoms with Crippen LogP contribution in [0.3, 0.4) is 0 Å². The van der Waals surface area contributed by atoms with Gasteiger partial charge >= 0.3 is 0 Å². The van der Waals surface area contributed by atoms with E-state index in [0.717, 1.165) is 21.9 Å². The molecule has 3 rings (SSSR count). The van der Waals surface area contributed by atoms with Crippen LogP contribution in [0.2, 0.25) is 0 Å². The van der Waals surface area contributed by atoms with E-state index in [2.05, 4.69) is 0 Å². The molecule has 124 valence electrons. The highest BCUT2D eigenvalue weighted by Gasteiger charge is 2.18. The summed E-state index contributed by atoms with van der Waals surface area (Å²) in [5.74, 6) is 0.123. The van der Waals surface area contributed by atoms with Crippen LogP contribution in [0.5, 0.6) is 0 Å². The van der Waals surface area contributed by atoms with Crippen molar-refractivity contribution in [3.05, 3.63) is 83.9 Å². The predicted molar refractivity (Wildman–Crippen MR) is 99.3 cm³/mol. The fraction of sp³-hybridized carbons (Fsp3) is 0.200. The first-order valence-corrected chi connectivity index (χ1v) is 9.62. The van der Waals surface area contributed by atoms with Crippen LogP contribution >= 0.6 is 0 Å². The van der Waals surface area contributed by atoms with Gasteiger partial charge in [-0.25, -0.2) is 12.7 Å². The Morgan fingerprint density at radius 3 is 2.29 bits per heavy atom. The van der Waals surface area contributed by atoms with Crippen LogP contribution in [0.4, 0.5) is 0 Å². The lowest BCUT2D eigenvalue weighted by molar-refractivity contribution is 0.467. The van der Waals surface area contributed by atoms with Crippen LogP contribution in [0.1, 0.15) is 11.1 Å². The Labute approximate surface area is 143 Å². The zero-order valence-electron chi connectivity index (χ0n) is 13.7. The third kappa shape index (κ3) is 3.83. The Kier molecular flexibility index (Phi) is 4.97. The Hall–Kier alpha value is -2.17. The lowest BCUT2D eigenvalue weighted by atomic mass is 10.0. The topological polar surface area (TPSA) is 37.4 Å². The number of nitrogens with zero attached hydrogens (tertiary/aromatic N) is 1. The Balaban J connectivity index is 1.74. The first-order chi connectivity index (χ1) is 11.6. The van der Waals surface area contributed by atoms with Crippen LogP contribution in [-0.2, 0) is 23.0 Å². The number of hydrogen-bond acceptors (Lipinski definition) is 2. The number of rotatable bonds is 6. The largest absolute Gasteiger partial charge is 0.214 e. The van der Waals surface area contributed by atoms with Crippen LogP contribution in [0, 0.1) is 0 Å². The van der Waals surface area contributed by atoms with Gasteiger partial charge in [-0.2, -0.15) is 0 Å². The van der Waals surface area contributed by atoms with Crippen LogP contribution < -0.4 is 0 Å². The summed E-state index contributed by atoms with van der Waals surface area (Å²) in [6.45, 7) is 0.387. The summed E-state index contributed by atoms with van der Waals surface area (Å²) in [7, 11) is -1.64. The molecule has 0 heterocycles. The smallest absolute Gasteiger partial charge is 0.212 e. The highest BCUT2D eigenvalue weighted by Crippen LogP contribution is 2.20. The van der Waals surface area contributed by atoms with Crippen molar-refractivity contribution in [3.8, 4) is 0 Å². The number of fused-ring (bicyclic) bond motifs is 1. The second-order valence-electron chi connectivity index (χ2n) is 5.95. The van der Waals surface area contributed by atoms with E-state index in [9.17, 15) is 8.42 Å². The van der Waals surface area contributed by atoms with Crippen LogP contribution in [-0.4, -0.2) is 25.5 Å². The average molecular weight is 339 g/mol. The Bertz CT molecular complexity index is 915. The van der Waals surface area contributed by atoms with Gasteiger partial charge in [-0.3, -0.25) is 0 Å². The molecule has 0 aromatic heterocycles. The van der Waals surface area contributed by atoms with Crippen LogP contribution in [0.25, 0.3) is 10.8 Å². The van der Waals surface area contributed by atoms with Gasteiger partial charge < -0.3 is 0 Å². The molecule has 0 radical (unpaired) electrons. The third-order valence-corrected chi connectivity index (χ3v) is 6.04. The van der Waals surface area contributed by atoms with Crippen molar-refractivity contribution < 1.29 is 8.42 Å². The van der Waals surface area contributed by atoms with Crippen molar-refractivity contribution in [3.63, 3.8) is 0 Å². The van der Waals surface area contributed by atoms with Crippen molar-refractivity contribution in [2.24, 2.45) is 0 Å². The number of benzene rings is 3. The molecular formula is C20H21NO2S. The van der Waals surface area contributed by atoms with E-state index in [1.54, 1.807) is 7.05 Å². The van der Waals surface area contributed by atoms with Gasteiger partial charge in [-0.1, -0.05) is 72.8 Å². The molecule has 0 saturated heterocycles. The molecule has 0 bridgehead atoms. The minimum atomic E-state index is -3.29. The molecular weight excluding hydrogens is 318 g/mol. The average Bonchev–Trinajstić information content (AvgIpc) is 2.61. The lowest BCUT2D eigenvalue weighted by Gasteiger charge is -2.18. The fourth-order valence-electron chi connectivity index (χ4n) is 2.82. The minimum Gasteiger partial charge on any atom is -0.212 e. The number of hydrogen-bond donors (Lipinski definition) is 0. The molecule has 0 saturated carbocycles. The van der Waals surface area contributed by atoms with Gasteiger partial charge in [0.05, 0.1) is 5.75 Å². The van der Waals surface area contributed by atoms with E-state index >= 15 is 0 Å². The van der Waals surface area contributed by atoms with Gasteiger partial charge in [-0.15, -0.1) is 0 Å². The van der Waals surface area contributed by atoms with Gasteiger partial charge in [0.2, 0.25) is 10.0 Å². The van der Waals surface area contributed by atoms with E-state index in [0.29, 0.717) is 13.0 Å². The number of sulfonamides is 1. The first kappa shape index (κ1) is 16.7. The highest BCUT2D eigenvalue weighted by molar-refractivity contribution is 7.89. The maximum absolute atomic E-state index is 12.6. The standard InChI is InChI=1S/C20H21NO2S/c1-21(24(22,23)15-14-17-8-3-2-4-9-17)16-19-12-7-11-18-10-5-6-13-20(18)19/h2-13H,14-16H2,1H3. The monoisotopic (exact) mass is 339 g/mol. The van der Waals surface area contributed by atoms with Gasteiger partial charge in [0.25, 0.3) is 0 Å². The van der Waals surface area contributed by atoms with Gasteiger partial charge in [-0.05, 0) is 28.3 Å². The molecule has 0 unspecified atom stereocenters. The second kappa shape index (κ2) is 7.16. The molecule has 0 amide bonds. The van der Waals surface area contributed by atoms with Gasteiger partial charge in [0.15, 0.2) is 0 Å². The van der Waals surface area contributed by atoms with Gasteiger partial charge in [0, 0.05) is 13.6 Å². The van der Waals surface area contributed by atoms with E-state index in [-0.39, 0.29) is 5.75 Å². The lowest BCUT2D eigenvalue weighted by Crippen LogP contribution is -2.29.